The van der Waals surface area contributed by atoms with Crippen LogP contribution in [0.25, 0.3) is 0 Å². The van der Waals surface area contributed by atoms with E-state index in [0.29, 0.717) is 0 Å². The maximum atomic E-state index is 9.00. The van der Waals surface area contributed by atoms with E-state index in [1.165, 1.54) is 0 Å². The van der Waals surface area contributed by atoms with Gasteiger partial charge in [-0.1, -0.05) is 0 Å². The van der Waals surface area contributed by atoms with E-state index in [2.05, 4.69) is 11.5 Å². The molecule has 58 valence electrons. The van der Waals surface area contributed by atoms with Gasteiger partial charge in [0.15, 0.2) is 0 Å². The third-order valence-electron chi connectivity index (χ3n) is 0. The minimum absolute atomic E-state index is 0. The van der Waals surface area contributed by atoms with Gasteiger partial charge in [-0.15, -0.1) is 0 Å². The summed E-state index contributed by atoms with van der Waals surface area (Å²) < 4.78 is 31.6. The summed E-state index contributed by atoms with van der Waals surface area (Å²) in [6.07, 6.45) is 0. The first-order valence-corrected chi connectivity index (χ1v) is 2.88. The van der Waals surface area contributed by atoms with Gasteiger partial charge in [-0.3, -0.25) is 9.11 Å². The standard InChI is InChI=1S/CH4N2O.K.H2O4S.H/c2-1(3)4;;1-5(2,3)4;/h(H4,2,3,4);;(H2,1,2,3,4);. The number of hydrogen-bond acceptors (Lipinski definition) is 3. The molecule has 9 heteroatoms. The second-order valence-electron chi connectivity index (χ2n) is 0.850. The number of primary amides is 2. The first-order valence-electron chi connectivity index (χ1n) is 1.48. The molecule has 6 N–H and O–H groups in total. The molecule has 0 aliphatic rings. The number of urea groups is 1. The van der Waals surface area contributed by atoms with Crippen LogP contribution in [0.3, 0.4) is 0 Å². The minimum atomic E-state index is -4.67. The van der Waals surface area contributed by atoms with Crippen molar-refractivity contribution in [3.63, 3.8) is 0 Å². The van der Waals surface area contributed by atoms with Crippen LogP contribution in [0.5, 0.6) is 0 Å². The molecule has 0 spiro atoms. The number of amides is 2. The molecule has 0 aliphatic heterocycles. The van der Waals surface area contributed by atoms with Crippen molar-refractivity contribution in [1.29, 1.82) is 0 Å². The molecule has 0 saturated carbocycles. The van der Waals surface area contributed by atoms with E-state index in [4.69, 9.17) is 22.3 Å². The van der Waals surface area contributed by atoms with Crippen molar-refractivity contribution < 1.29 is 22.3 Å². The second kappa shape index (κ2) is 7.88. The van der Waals surface area contributed by atoms with Crippen LogP contribution < -0.4 is 11.5 Å². The zero-order valence-electron chi connectivity index (χ0n) is 4.18. The van der Waals surface area contributed by atoms with E-state index in [1.807, 2.05) is 0 Å². The molecule has 0 aromatic heterocycles. The Hall–Kier alpha value is 0.776. The van der Waals surface area contributed by atoms with Gasteiger partial charge >= 0.3 is 67.8 Å². The summed E-state index contributed by atoms with van der Waals surface area (Å²) in [4.78, 5) is 9.00. The zero-order chi connectivity index (χ0) is 8.08. The summed E-state index contributed by atoms with van der Waals surface area (Å²) in [6, 6.07) is -0.833. The molecule has 0 saturated heterocycles. The van der Waals surface area contributed by atoms with Crippen LogP contribution in [-0.2, 0) is 10.4 Å². The average molecular weight is 198 g/mol. The molecule has 0 rings (SSSR count). The molecule has 0 aromatic carbocycles. The normalized spacial score (nSPS) is 8.20. The van der Waals surface area contributed by atoms with Gasteiger partial charge in [0, 0.05) is 0 Å². The van der Waals surface area contributed by atoms with Crippen molar-refractivity contribution in [2.45, 2.75) is 0 Å². The van der Waals surface area contributed by atoms with E-state index in [9.17, 15) is 0 Å². The van der Waals surface area contributed by atoms with Crippen molar-refractivity contribution >= 4 is 67.8 Å². The fourth-order valence-corrected chi connectivity index (χ4v) is 0. The van der Waals surface area contributed by atoms with Gasteiger partial charge in [0.05, 0.1) is 0 Å². The Morgan fingerprint density at radius 2 is 1.20 bits per heavy atom. The number of rotatable bonds is 0. The zero-order valence-corrected chi connectivity index (χ0v) is 5.00. The van der Waals surface area contributed by atoms with E-state index in [-0.39, 0.29) is 51.4 Å². The molecular formula is CH7KN2O5S. The molecule has 0 unspecified atom stereocenters. The molecular weight excluding hydrogens is 191 g/mol. The summed E-state index contributed by atoms with van der Waals surface area (Å²) in [5.74, 6) is 0. The Labute approximate surface area is 100 Å². The number of carbonyl (C=O) groups excluding carboxylic acids is 1. The Bertz CT molecular complexity index is 162. The van der Waals surface area contributed by atoms with Crippen LogP contribution in [-0.4, -0.2) is 74.9 Å². The fraction of sp³-hybridized carbons (Fsp3) is 0. The van der Waals surface area contributed by atoms with Crippen LogP contribution in [0.1, 0.15) is 0 Å². The molecule has 0 fully saturated rings. The molecule has 10 heavy (non-hydrogen) atoms. The monoisotopic (exact) mass is 198 g/mol. The van der Waals surface area contributed by atoms with Gasteiger partial charge in [-0.25, -0.2) is 4.79 Å². The molecule has 7 nitrogen and oxygen atoms in total. The number of nitrogens with two attached hydrogens (primary N) is 2. The molecule has 0 aromatic rings. The molecule has 0 aliphatic carbocycles. The first kappa shape index (κ1) is 17.0. The Kier molecular flexibility index (Phi) is 13.4. The third kappa shape index (κ3) is 881. The second-order valence-corrected chi connectivity index (χ2v) is 1.75. The van der Waals surface area contributed by atoms with Crippen LogP contribution in [0.2, 0.25) is 0 Å². The number of carbonyl (C=O) groups is 1. The van der Waals surface area contributed by atoms with Crippen LogP contribution in [0.4, 0.5) is 4.79 Å². The molecule has 0 bridgehead atoms. The summed E-state index contributed by atoms with van der Waals surface area (Å²) in [5.41, 5.74) is 8.50. The van der Waals surface area contributed by atoms with E-state index in [0.717, 1.165) is 0 Å². The SMILES string of the molecule is NC(N)=O.O=S(=O)(O)O.[KH]. The summed E-state index contributed by atoms with van der Waals surface area (Å²) in [7, 11) is -4.67. The summed E-state index contributed by atoms with van der Waals surface area (Å²) in [6.45, 7) is 0. The van der Waals surface area contributed by atoms with Crippen molar-refractivity contribution in [3.8, 4) is 0 Å². The van der Waals surface area contributed by atoms with Gasteiger partial charge < -0.3 is 11.5 Å². The van der Waals surface area contributed by atoms with Gasteiger partial charge in [-0.2, -0.15) is 8.42 Å². The summed E-state index contributed by atoms with van der Waals surface area (Å²) in [5, 5.41) is 0. The van der Waals surface area contributed by atoms with Crippen molar-refractivity contribution in [2.75, 3.05) is 0 Å². The first-order chi connectivity index (χ1) is 3.73. The van der Waals surface area contributed by atoms with Gasteiger partial charge in [0.2, 0.25) is 0 Å². The molecule has 0 heterocycles. The Balaban J connectivity index is -0.0000000910. The fourth-order valence-electron chi connectivity index (χ4n) is 0. The predicted molar refractivity (Wildman–Crippen MR) is 35.1 cm³/mol. The van der Waals surface area contributed by atoms with Crippen LogP contribution in [0, 0.1) is 0 Å². The Morgan fingerprint density at radius 3 is 1.20 bits per heavy atom. The topological polar surface area (TPSA) is 144 Å². The van der Waals surface area contributed by atoms with Crippen LogP contribution >= 0.6 is 0 Å². The van der Waals surface area contributed by atoms with Gasteiger partial charge in [-0.05, 0) is 0 Å². The van der Waals surface area contributed by atoms with E-state index >= 15 is 0 Å². The van der Waals surface area contributed by atoms with Crippen molar-refractivity contribution in [2.24, 2.45) is 11.5 Å². The molecule has 0 atom stereocenters. The van der Waals surface area contributed by atoms with E-state index in [1.54, 1.807) is 0 Å². The maximum absolute atomic E-state index is 9.00. The third-order valence-corrected chi connectivity index (χ3v) is 0. The van der Waals surface area contributed by atoms with Gasteiger partial charge in [0.1, 0.15) is 0 Å². The van der Waals surface area contributed by atoms with Crippen molar-refractivity contribution in [3.05, 3.63) is 0 Å². The van der Waals surface area contributed by atoms with Crippen LogP contribution in [0.15, 0.2) is 0 Å². The Morgan fingerprint density at radius 1 is 1.20 bits per heavy atom. The molecule has 0 radical (unpaired) electrons. The van der Waals surface area contributed by atoms with E-state index < -0.39 is 16.4 Å². The van der Waals surface area contributed by atoms with Gasteiger partial charge in [0.25, 0.3) is 0 Å². The number of hydrogen-bond donors (Lipinski definition) is 4. The summed E-state index contributed by atoms with van der Waals surface area (Å²) >= 11 is 0. The quantitative estimate of drug-likeness (QED) is 0.256. The van der Waals surface area contributed by atoms with Crippen molar-refractivity contribution in [1.82, 2.24) is 0 Å². The average Bonchev–Trinajstić information content (AvgIpc) is 1.19. The predicted octanol–water partition coefficient (Wildman–Crippen LogP) is -2.28. The molecule has 2 amide bonds.